The fourth-order valence-corrected chi connectivity index (χ4v) is 3.19. The molecule has 0 atom stereocenters. The van der Waals surface area contributed by atoms with E-state index in [9.17, 15) is 4.57 Å². The van der Waals surface area contributed by atoms with Crippen LogP contribution in [0, 0.1) is 0 Å². The van der Waals surface area contributed by atoms with Gasteiger partial charge in [0.05, 0.1) is 7.14 Å². The Labute approximate surface area is 64.6 Å². The van der Waals surface area contributed by atoms with Gasteiger partial charge in [-0.1, -0.05) is 20.3 Å². The van der Waals surface area contributed by atoms with Gasteiger partial charge in [-0.15, -0.1) is 0 Å². The summed E-state index contributed by atoms with van der Waals surface area (Å²) in [5, 5.41) is 0. The highest BCUT2D eigenvalue weighted by atomic mass is 31.2. The predicted octanol–water partition coefficient (Wildman–Crippen LogP) is 3.19. The lowest BCUT2D eigenvalue weighted by molar-refractivity contribution is 0.564. The molecule has 62 valence electrons. The molecule has 1 saturated heterocycles. The molecule has 1 aliphatic rings. The second kappa shape index (κ2) is 4.96. The maximum absolute atomic E-state index is 11.2. The normalized spacial score (nSPS) is 22.7. The monoisotopic (exact) mass is 162 g/mol. The average molecular weight is 162 g/mol. The Morgan fingerprint density at radius 2 is 1.40 bits per heavy atom. The van der Waals surface area contributed by atoms with Crippen LogP contribution in [0.1, 0.15) is 33.1 Å². The quantitative estimate of drug-likeness (QED) is 0.500. The SMILES string of the molecule is CC.CP1(=O)CCCCC1. The molecule has 0 N–H and O–H groups in total. The summed E-state index contributed by atoms with van der Waals surface area (Å²) < 4.78 is 11.2. The van der Waals surface area contributed by atoms with Crippen LogP contribution in [0.5, 0.6) is 0 Å². The van der Waals surface area contributed by atoms with Crippen molar-refractivity contribution in [2.45, 2.75) is 33.1 Å². The van der Waals surface area contributed by atoms with Gasteiger partial charge >= 0.3 is 0 Å². The predicted molar refractivity (Wildman–Crippen MR) is 48.5 cm³/mol. The Morgan fingerprint density at radius 3 is 1.60 bits per heavy atom. The summed E-state index contributed by atoms with van der Waals surface area (Å²) in [6.45, 7) is 5.94. The van der Waals surface area contributed by atoms with Crippen molar-refractivity contribution >= 4 is 7.14 Å². The molecule has 1 aliphatic heterocycles. The molecule has 0 bridgehead atoms. The average Bonchev–Trinajstić information content (AvgIpc) is 1.92. The molecule has 1 fully saturated rings. The fourth-order valence-electron chi connectivity index (χ4n) is 1.18. The first-order valence-electron chi connectivity index (χ1n) is 4.26. The van der Waals surface area contributed by atoms with Gasteiger partial charge in [0.1, 0.15) is 0 Å². The Morgan fingerprint density at radius 1 is 1.00 bits per heavy atom. The maximum Gasteiger partial charge on any atom is 0.0848 e. The third kappa shape index (κ3) is 4.11. The molecular formula is C8H19OP. The van der Waals surface area contributed by atoms with Gasteiger partial charge in [0.15, 0.2) is 0 Å². The summed E-state index contributed by atoms with van der Waals surface area (Å²) in [7, 11) is -1.59. The van der Waals surface area contributed by atoms with Crippen molar-refractivity contribution in [2.24, 2.45) is 0 Å². The van der Waals surface area contributed by atoms with Gasteiger partial charge in [-0.25, -0.2) is 0 Å². The van der Waals surface area contributed by atoms with E-state index in [-0.39, 0.29) is 0 Å². The van der Waals surface area contributed by atoms with E-state index in [1.807, 2.05) is 20.5 Å². The Kier molecular flexibility index (Phi) is 5.07. The van der Waals surface area contributed by atoms with Crippen molar-refractivity contribution in [3.05, 3.63) is 0 Å². The van der Waals surface area contributed by atoms with E-state index >= 15 is 0 Å². The van der Waals surface area contributed by atoms with Crippen LogP contribution >= 0.6 is 7.14 Å². The molecule has 0 aromatic rings. The first kappa shape index (κ1) is 10.2. The molecule has 0 saturated carbocycles. The second-order valence-corrected chi connectivity index (χ2v) is 6.29. The lowest BCUT2D eigenvalue weighted by atomic mass is 10.3. The van der Waals surface area contributed by atoms with Crippen molar-refractivity contribution in [3.8, 4) is 0 Å². The van der Waals surface area contributed by atoms with Crippen LogP contribution in [0.15, 0.2) is 0 Å². The molecule has 1 rings (SSSR count). The summed E-state index contributed by atoms with van der Waals surface area (Å²) in [4.78, 5) is 0. The lowest BCUT2D eigenvalue weighted by Crippen LogP contribution is -2.00. The smallest absolute Gasteiger partial charge is 0.0848 e. The van der Waals surface area contributed by atoms with E-state index in [4.69, 9.17) is 0 Å². The first-order valence-corrected chi connectivity index (χ1v) is 6.79. The van der Waals surface area contributed by atoms with Crippen LogP contribution in [-0.4, -0.2) is 19.0 Å². The Bertz CT molecular complexity index is 110. The first-order chi connectivity index (χ1) is 4.71. The third-order valence-corrected chi connectivity index (χ3v) is 4.29. The number of hydrogen-bond donors (Lipinski definition) is 0. The standard InChI is InChI=1S/C6H13OP.C2H6/c1-8(7)5-3-2-4-6-8;1-2/h2-6H2,1H3;1-2H3. The largest absolute Gasteiger partial charge is 0.324 e. The van der Waals surface area contributed by atoms with E-state index in [0.717, 1.165) is 12.3 Å². The Balaban J connectivity index is 0.000000371. The number of rotatable bonds is 0. The van der Waals surface area contributed by atoms with Crippen LogP contribution < -0.4 is 0 Å². The maximum atomic E-state index is 11.2. The molecule has 1 heterocycles. The molecule has 0 unspecified atom stereocenters. The van der Waals surface area contributed by atoms with E-state index in [0.29, 0.717) is 0 Å². The van der Waals surface area contributed by atoms with E-state index in [2.05, 4.69) is 0 Å². The summed E-state index contributed by atoms with van der Waals surface area (Å²) >= 11 is 0. The molecule has 1 nitrogen and oxygen atoms in total. The molecule has 0 amide bonds. The Hall–Kier alpha value is 0.230. The van der Waals surface area contributed by atoms with Crippen LogP contribution in [0.4, 0.5) is 0 Å². The van der Waals surface area contributed by atoms with Crippen LogP contribution in [0.3, 0.4) is 0 Å². The zero-order valence-electron chi connectivity index (χ0n) is 7.39. The summed E-state index contributed by atoms with van der Waals surface area (Å²) in [6, 6.07) is 0. The summed E-state index contributed by atoms with van der Waals surface area (Å²) in [5.74, 6) is 0. The van der Waals surface area contributed by atoms with Gasteiger partial charge < -0.3 is 4.57 Å². The second-order valence-electron chi connectivity index (χ2n) is 2.80. The lowest BCUT2D eigenvalue weighted by Gasteiger charge is -2.17. The minimum Gasteiger partial charge on any atom is -0.324 e. The van der Waals surface area contributed by atoms with Gasteiger partial charge in [0.2, 0.25) is 0 Å². The highest BCUT2D eigenvalue weighted by Gasteiger charge is 2.17. The van der Waals surface area contributed by atoms with Crippen LogP contribution in [-0.2, 0) is 4.57 Å². The van der Waals surface area contributed by atoms with E-state index in [1.54, 1.807) is 0 Å². The van der Waals surface area contributed by atoms with Crippen LogP contribution in [0.25, 0.3) is 0 Å². The van der Waals surface area contributed by atoms with Crippen LogP contribution in [0.2, 0.25) is 0 Å². The van der Waals surface area contributed by atoms with Crippen molar-refractivity contribution in [1.82, 2.24) is 0 Å². The molecule has 0 aromatic carbocycles. The third-order valence-electron chi connectivity index (χ3n) is 1.76. The van der Waals surface area contributed by atoms with Gasteiger partial charge in [0.25, 0.3) is 0 Å². The topological polar surface area (TPSA) is 17.1 Å². The molecule has 2 heteroatoms. The highest BCUT2D eigenvalue weighted by molar-refractivity contribution is 7.63. The van der Waals surface area contributed by atoms with E-state index in [1.165, 1.54) is 19.3 Å². The molecule has 0 aliphatic carbocycles. The number of hydrogen-bond acceptors (Lipinski definition) is 1. The molecule has 0 radical (unpaired) electrons. The van der Waals surface area contributed by atoms with Crippen molar-refractivity contribution in [1.29, 1.82) is 0 Å². The van der Waals surface area contributed by atoms with Crippen molar-refractivity contribution in [2.75, 3.05) is 19.0 Å². The summed E-state index contributed by atoms with van der Waals surface area (Å²) in [6.07, 6.45) is 5.72. The summed E-state index contributed by atoms with van der Waals surface area (Å²) in [5.41, 5.74) is 0. The zero-order chi connectivity index (χ0) is 8.04. The highest BCUT2D eigenvalue weighted by Crippen LogP contribution is 2.46. The van der Waals surface area contributed by atoms with Gasteiger partial charge in [-0.2, -0.15) is 0 Å². The fraction of sp³-hybridized carbons (Fsp3) is 1.00. The van der Waals surface area contributed by atoms with Crippen molar-refractivity contribution < 1.29 is 4.57 Å². The van der Waals surface area contributed by atoms with Gasteiger partial charge in [-0.05, 0) is 19.5 Å². The molecule has 0 spiro atoms. The minimum atomic E-state index is -1.59. The van der Waals surface area contributed by atoms with Gasteiger partial charge in [0, 0.05) is 12.3 Å². The minimum absolute atomic E-state index is 1.01. The van der Waals surface area contributed by atoms with Gasteiger partial charge in [-0.3, -0.25) is 0 Å². The van der Waals surface area contributed by atoms with Crippen molar-refractivity contribution in [3.63, 3.8) is 0 Å². The molecule has 0 aromatic heterocycles. The molecular weight excluding hydrogens is 143 g/mol. The molecule has 10 heavy (non-hydrogen) atoms. The zero-order valence-corrected chi connectivity index (χ0v) is 8.29. The van der Waals surface area contributed by atoms with E-state index < -0.39 is 7.14 Å².